The fourth-order valence-corrected chi connectivity index (χ4v) is 2.62. The quantitative estimate of drug-likeness (QED) is 0.667. The second-order valence-corrected chi connectivity index (χ2v) is 5.61. The lowest BCUT2D eigenvalue weighted by molar-refractivity contribution is 0.100. The van der Waals surface area contributed by atoms with Gasteiger partial charge in [0.25, 0.3) is 12.3 Å². The summed E-state index contributed by atoms with van der Waals surface area (Å²) in [7, 11) is 1.24. The van der Waals surface area contributed by atoms with Gasteiger partial charge in [0.1, 0.15) is 11.5 Å². The maximum atomic E-state index is 14.3. The van der Waals surface area contributed by atoms with Crippen LogP contribution in [0.4, 0.5) is 27.6 Å². The summed E-state index contributed by atoms with van der Waals surface area (Å²) in [5, 5.41) is 5.84. The van der Waals surface area contributed by atoms with Crippen LogP contribution in [0.15, 0.2) is 42.6 Å². The van der Waals surface area contributed by atoms with Crippen molar-refractivity contribution in [2.45, 2.75) is 6.43 Å². The van der Waals surface area contributed by atoms with E-state index in [0.29, 0.717) is 0 Å². The van der Waals surface area contributed by atoms with Crippen molar-refractivity contribution in [3.05, 3.63) is 71.3 Å². The molecule has 0 unspecified atom stereocenters. The van der Waals surface area contributed by atoms with Gasteiger partial charge in [-0.3, -0.25) is 9.48 Å². The van der Waals surface area contributed by atoms with Crippen LogP contribution in [0, 0.1) is 17.5 Å². The van der Waals surface area contributed by atoms with E-state index < -0.39 is 41.0 Å². The minimum atomic E-state index is -2.97. The Kier molecular flexibility index (Phi) is 4.93. The van der Waals surface area contributed by atoms with Gasteiger partial charge >= 0.3 is 0 Å². The minimum absolute atomic E-state index is 0.0599. The summed E-state index contributed by atoms with van der Waals surface area (Å²) in [4.78, 5) is 12.4. The van der Waals surface area contributed by atoms with Gasteiger partial charge < -0.3 is 5.32 Å². The van der Waals surface area contributed by atoms with Crippen molar-refractivity contribution in [2.24, 2.45) is 7.05 Å². The summed E-state index contributed by atoms with van der Waals surface area (Å²) in [6.45, 7) is 0. The number of alkyl halides is 2. The second kappa shape index (κ2) is 7.18. The molecule has 3 rings (SSSR count). The molecule has 2 aromatic carbocycles. The van der Waals surface area contributed by atoms with Gasteiger partial charge in [0.05, 0.1) is 17.4 Å². The standard InChI is InChI=1S/C18H12F5N3O/c1-26-16(17(22)23)11(8-24-26)18(27)25-15-10(3-2-4-13(15)20)9-5-6-12(19)14(21)7-9/h2-8,17H,1H3,(H,25,27). The van der Waals surface area contributed by atoms with E-state index in [9.17, 15) is 26.7 Å². The summed E-state index contributed by atoms with van der Waals surface area (Å²) >= 11 is 0. The number of nitrogens with zero attached hydrogens (tertiary/aromatic N) is 2. The Labute approximate surface area is 150 Å². The number of para-hydroxylation sites is 1. The van der Waals surface area contributed by atoms with Gasteiger partial charge in [-0.15, -0.1) is 0 Å². The number of aromatic nitrogens is 2. The highest BCUT2D eigenvalue weighted by molar-refractivity contribution is 6.07. The summed E-state index contributed by atoms with van der Waals surface area (Å²) in [5.74, 6) is -4.11. The molecule has 27 heavy (non-hydrogen) atoms. The van der Waals surface area contributed by atoms with E-state index in [2.05, 4.69) is 10.4 Å². The highest BCUT2D eigenvalue weighted by Crippen LogP contribution is 2.32. The van der Waals surface area contributed by atoms with Crippen molar-refractivity contribution in [1.82, 2.24) is 9.78 Å². The van der Waals surface area contributed by atoms with E-state index >= 15 is 0 Å². The molecular formula is C18H12F5N3O. The Balaban J connectivity index is 2.03. The topological polar surface area (TPSA) is 46.9 Å². The molecule has 0 aliphatic heterocycles. The number of carbonyl (C=O) groups excluding carboxylic acids is 1. The van der Waals surface area contributed by atoms with Crippen LogP contribution in [0.5, 0.6) is 0 Å². The van der Waals surface area contributed by atoms with Gasteiger partial charge in [-0.2, -0.15) is 5.10 Å². The molecule has 0 saturated carbocycles. The third-order valence-electron chi connectivity index (χ3n) is 3.92. The lowest BCUT2D eigenvalue weighted by Gasteiger charge is -2.13. The highest BCUT2D eigenvalue weighted by Gasteiger charge is 2.24. The molecule has 3 aromatic rings. The fraction of sp³-hybridized carbons (Fsp3) is 0.111. The van der Waals surface area contributed by atoms with Crippen LogP contribution in [0.25, 0.3) is 11.1 Å². The third kappa shape index (κ3) is 3.53. The van der Waals surface area contributed by atoms with Gasteiger partial charge in [-0.1, -0.05) is 18.2 Å². The Hall–Kier alpha value is -3.23. The van der Waals surface area contributed by atoms with Crippen molar-refractivity contribution in [3.8, 4) is 11.1 Å². The second-order valence-electron chi connectivity index (χ2n) is 5.61. The molecule has 140 valence electrons. The first-order chi connectivity index (χ1) is 12.8. The first-order valence-corrected chi connectivity index (χ1v) is 7.65. The molecule has 0 bridgehead atoms. The van der Waals surface area contributed by atoms with E-state index in [1.807, 2.05) is 0 Å². The zero-order valence-corrected chi connectivity index (χ0v) is 13.8. The summed E-state index contributed by atoms with van der Waals surface area (Å²) in [6.07, 6.45) is -2.03. The number of hydrogen-bond donors (Lipinski definition) is 1. The van der Waals surface area contributed by atoms with Crippen LogP contribution in [0.3, 0.4) is 0 Å². The van der Waals surface area contributed by atoms with Crippen molar-refractivity contribution in [1.29, 1.82) is 0 Å². The number of anilines is 1. The summed E-state index contributed by atoms with van der Waals surface area (Å²) in [6, 6.07) is 6.64. The number of nitrogens with one attached hydrogen (secondary N) is 1. The third-order valence-corrected chi connectivity index (χ3v) is 3.92. The first kappa shape index (κ1) is 18.6. The Morgan fingerprint density at radius 1 is 1.07 bits per heavy atom. The van der Waals surface area contributed by atoms with Gasteiger partial charge in [0.2, 0.25) is 0 Å². The lowest BCUT2D eigenvalue weighted by atomic mass is 10.0. The van der Waals surface area contributed by atoms with Crippen molar-refractivity contribution < 1.29 is 26.7 Å². The van der Waals surface area contributed by atoms with Crippen molar-refractivity contribution in [3.63, 3.8) is 0 Å². The van der Waals surface area contributed by atoms with Gasteiger partial charge in [0.15, 0.2) is 11.6 Å². The van der Waals surface area contributed by atoms with Crippen LogP contribution in [0.2, 0.25) is 0 Å². The minimum Gasteiger partial charge on any atom is -0.319 e. The molecule has 1 heterocycles. The zero-order chi connectivity index (χ0) is 19.7. The normalized spacial score (nSPS) is 11.1. The van der Waals surface area contributed by atoms with Crippen LogP contribution >= 0.6 is 0 Å². The van der Waals surface area contributed by atoms with E-state index in [1.165, 1.54) is 25.2 Å². The predicted octanol–water partition coefficient (Wildman–Crippen LogP) is 4.69. The van der Waals surface area contributed by atoms with Crippen LogP contribution in [-0.4, -0.2) is 15.7 Å². The Morgan fingerprint density at radius 3 is 2.48 bits per heavy atom. The van der Waals surface area contributed by atoms with Crippen molar-refractivity contribution in [2.75, 3.05) is 5.32 Å². The molecule has 1 amide bonds. The smallest absolute Gasteiger partial charge is 0.280 e. The number of rotatable bonds is 4. The maximum Gasteiger partial charge on any atom is 0.280 e. The molecule has 0 aliphatic carbocycles. The maximum absolute atomic E-state index is 14.3. The number of hydrogen-bond acceptors (Lipinski definition) is 2. The van der Waals surface area contributed by atoms with E-state index in [1.54, 1.807) is 0 Å². The first-order valence-electron chi connectivity index (χ1n) is 7.65. The van der Waals surface area contributed by atoms with Crippen LogP contribution in [0.1, 0.15) is 22.5 Å². The van der Waals surface area contributed by atoms with Crippen molar-refractivity contribution >= 4 is 11.6 Å². The van der Waals surface area contributed by atoms with E-state index in [-0.39, 0.29) is 16.8 Å². The monoisotopic (exact) mass is 381 g/mol. The van der Waals surface area contributed by atoms with Gasteiger partial charge in [-0.25, -0.2) is 22.0 Å². The van der Waals surface area contributed by atoms with Crippen LogP contribution < -0.4 is 5.32 Å². The lowest BCUT2D eigenvalue weighted by Crippen LogP contribution is -2.16. The average Bonchev–Trinajstić information content (AvgIpc) is 3.01. The summed E-state index contributed by atoms with van der Waals surface area (Å²) in [5.41, 5.74) is -1.24. The molecular weight excluding hydrogens is 369 g/mol. The van der Waals surface area contributed by atoms with E-state index in [4.69, 9.17) is 0 Å². The zero-order valence-electron chi connectivity index (χ0n) is 13.8. The van der Waals surface area contributed by atoms with E-state index in [0.717, 1.165) is 29.1 Å². The molecule has 0 saturated heterocycles. The number of aryl methyl sites for hydroxylation is 1. The van der Waals surface area contributed by atoms with Gasteiger partial charge in [-0.05, 0) is 23.8 Å². The average molecular weight is 381 g/mol. The van der Waals surface area contributed by atoms with Gasteiger partial charge in [0, 0.05) is 12.6 Å². The molecule has 4 nitrogen and oxygen atoms in total. The predicted molar refractivity (Wildman–Crippen MR) is 87.9 cm³/mol. The summed E-state index contributed by atoms with van der Waals surface area (Å²) < 4.78 is 68.1. The molecule has 9 heteroatoms. The number of benzene rings is 2. The van der Waals surface area contributed by atoms with Crippen LogP contribution in [-0.2, 0) is 7.05 Å². The molecule has 0 atom stereocenters. The Morgan fingerprint density at radius 2 is 1.81 bits per heavy atom. The molecule has 1 aromatic heterocycles. The molecule has 0 spiro atoms. The molecule has 0 aliphatic rings. The molecule has 0 fully saturated rings. The molecule has 0 radical (unpaired) electrons. The highest BCUT2D eigenvalue weighted by atomic mass is 19.3. The number of carbonyl (C=O) groups is 1. The largest absolute Gasteiger partial charge is 0.319 e. The SMILES string of the molecule is Cn1ncc(C(=O)Nc2c(F)cccc2-c2ccc(F)c(F)c2)c1C(F)F. The fourth-order valence-electron chi connectivity index (χ4n) is 2.62. The number of amides is 1. The molecule has 1 N–H and O–H groups in total. The Bertz CT molecular complexity index is 1020. The number of halogens is 5.